The third kappa shape index (κ3) is 1.31. The predicted molar refractivity (Wildman–Crippen MR) is 45.1 cm³/mol. The molecule has 2 unspecified atom stereocenters. The van der Waals surface area contributed by atoms with E-state index in [9.17, 15) is 61.5 Å². The molecular weight excluding hydrogens is 386 g/mol. The first-order valence-electron chi connectivity index (χ1n) is 5.40. The normalized spacial score (nSPS) is 42.4. The average molecular weight is 386 g/mol. The first-order chi connectivity index (χ1) is 10.2. The number of fused-ring (bicyclic) bond motifs is 1. The standard InChI is InChI=1S/C10F14/c11-3-1-2-4(12,13)7(17,18)5(3,14)8(19,20)10(23,24)9(21,22)6(3,15)16. The van der Waals surface area contributed by atoms with Gasteiger partial charge in [-0.2, -0.15) is 52.7 Å². The van der Waals surface area contributed by atoms with E-state index in [4.69, 9.17) is 0 Å². The van der Waals surface area contributed by atoms with E-state index in [0.29, 0.717) is 0 Å². The van der Waals surface area contributed by atoms with Crippen LogP contribution >= 0.6 is 0 Å². The molecule has 0 N–H and O–H groups in total. The van der Waals surface area contributed by atoms with Crippen molar-refractivity contribution in [3.63, 3.8) is 0 Å². The first-order valence-corrected chi connectivity index (χ1v) is 5.40. The van der Waals surface area contributed by atoms with Gasteiger partial charge in [0.05, 0.1) is 0 Å². The van der Waals surface area contributed by atoms with Crippen molar-refractivity contribution < 1.29 is 61.5 Å². The molecule has 0 heterocycles. The van der Waals surface area contributed by atoms with E-state index in [1.165, 1.54) is 0 Å². The van der Waals surface area contributed by atoms with Crippen molar-refractivity contribution in [2.45, 2.75) is 46.9 Å². The maximum atomic E-state index is 14.0. The molecule has 2 rings (SSSR count). The van der Waals surface area contributed by atoms with Gasteiger partial charge in [0.2, 0.25) is 0 Å². The summed E-state index contributed by atoms with van der Waals surface area (Å²) in [6.07, 6.45) is 0. The van der Waals surface area contributed by atoms with Gasteiger partial charge in [0.1, 0.15) is 0 Å². The first kappa shape index (κ1) is 18.9. The summed E-state index contributed by atoms with van der Waals surface area (Å²) in [5, 5.41) is 0. The molecule has 2 aliphatic rings. The molecular formula is C10F14. The lowest BCUT2D eigenvalue weighted by atomic mass is 9.60. The molecule has 0 bridgehead atoms. The molecule has 1 saturated carbocycles. The number of alkyl halides is 14. The monoisotopic (exact) mass is 386 g/mol. The van der Waals surface area contributed by atoms with Crippen molar-refractivity contribution in [1.82, 2.24) is 0 Å². The fraction of sp³-hybridized carbons (Fsp3) is 0.800. The minimum atomic E-state index is -7.69. The highest BCUT2D eigenvalue weighted by atomic mass is 19.4. The molecule has 138 valence electrons. The second-order valence-electron chi connectivity index (χ2n) is 5.01. The molecule has 1 fully saturated rings. The minimum absolute atomic E-state index is 0.368. The Morgan fingerprint density at radius 1 is 0.375 bits per heavy atom. The molecule has 2 atom stereocenters. The summed E-state index contributed by atoms with van der Waals surface area (Å²) in [7, 11) is 0. The van der Waals surface area contributed by atoms with Gasteiger partial charge in [0, 0.05) is 0 Å². The Hall–Kier alpha value is -1.42. The van der Waals surface area contributed by atoms with Crippen LogP contribution < -0.4 is 0 Å². The van der Waals surface area contributed by atoms with Gasteiger partial charge in [-0.25, -0.2) is 8.78 Å². The number of hydrogen-bond donors (Lipinski definition) is 0. The Morgan fingerprint density at radius 2 is 0.750 bits per heavy atom. The zero-order chi connectivity index (χ0) is 19.4. The van der Waals surface area contributed by atoms with Gasteiger partial charge < -0.3 is 0 Å². The van der Waals surface area contributed by atoms with Gasteiger partial charge in [-0.05, 0) is 11.8 Å². The van der Waals surface area contributed by atoms with Crippen molar-refractivity contribution in [2.75, 3.05) is 0 Å². The Balaban J connectivity index is 3.07. The molecule has 0 aromatic heterocycles. The third-order valence-corrected chi connectivity index (χ3v) is 3.74. The molecule has 0 amide bonds. The summed E-state index contributed by atoms with van der Waals surface area (Å²) >= 11 is 0. The van der Waals surface area contributed by atoms with Gasteiger partial charge >= 0.3 is 41.2 Å². The highest BCUT2D eigenvalue weighted by Crippen LogP contribution is 2.73. The zero-order valence-electron chi connectivity index (χ0n) is 10.3. The zero-order valence-corrected chi connectivity index (χ0v) is 10.3. The third-order valence-electron chi connectivity index (χ3n) is 3.74. The lowest BCUT2D eigenvalue weighted by Crippen LogP contribution is -2.90. The highest BCUT2D eigenvalue weighted by molar-refractivity contribution is 5.47. The lowest BCUT2D eigenvalue weighted by molar-refractivity contribution is -0.486. The fourth-order valence-electron chi connectivity index (χ4n) is 2.30. The van der Waals surface area contributed by atoms with E-state index in [-0.39, 0.29) is 5.92 Å². The predicted octanol–water partition coefficient (Wildman–Crippen LogP) is 4.25. The van der Waals surface area contributed by atoms with Crippen LogP contribution in [0.15, 0.2) is 0 Å². The topological polar surface area (TPSA) is 0 Å². The van der Waals surface area contributed by atoms with Crippen LogP contribution in [0.2, 0.25) is 0 Å². The Bertz CT molecular complexity index is 650. The molecule has 0 radical (unpaired) electrons. The highest BCUT2D eigenvalue weighted by Gasteiger charge is 3.06. The molecule has 0 aromatic rings. The van der Waals surface area contributed by atoms with Crippen LogP contribution in [-0.4, -0.2) is 46.9 Å². The maximum absolute atomic E-state index is 14.0. The van der Waals surface area contributed by atoms with Gasteiger partial charge in [-0.1, -0.05) is 0 Å². The van der Waals surface area contributed by atoms with Crippen molar-refractivity contribution in [2.24, 2.45) is 0 Å². The van der Waals surface area contributed by atoms with Gasteiger partial charge in [-0.15, -0.1) is 0 Å². The number of halogens is 14. The van der Waals surface area contributed by atoms with Crippen LogP contribution in [0.25, 0.3) is 0 Å². The van der Waals surface area contributed by atoms with Crippen LogP contribution in [0.3, 0.4) is 0 Å². The molecule has 0 aromatic carbocycles. The van der Waals surface area contributed by atoms with E-state index in [1.54, 1.807) is 0 Å². The van der Waals surface area contributed by atoms with Crippen LogP contribution in [0.4, 0.5) is 61.5 Å². The second kappa shape index (κ2) is 3.87. The molecule has 0 nitrogen and oxygen atoms in total. The number of hydrogen-bond acceptors (Lipinski definition) is 0. The molecule has 0 aliphatic heterocycles. The van der Waals surface area contributed by atoms with Crippen LogP contribution in [0.1, 0.15) is 0 Å². The SMILES string of the molecule is FC1(F)C#CC2(F)C(F)(F)C(F)(F)C(F)(F)C(F)(F)C2(F)C1(F)F. The maximum Gasteiger partial charge on any atom is 0.382 e. The molecule has 14 heteroatoms. The fourth-order valence-corrected chi connectivity index (χ4v) is 2.30. The van der Waals surface area contributed by atoms with Crippen LogP contribution in [-0.2, 0) is 0 Å². The number of rotatable bonds is 0. The summed E-state index contributed by atoms with van der Waals surface area (Å²) < 4.78 is 186. The second-order valence-corrected chi connectivity index (χ2v) is 5.01. The molecule has 24 heavy (non-hydrogen) atoms. The molecule has 0 spiro atoms. The summed E-state index contributed by atoms with van der Waals surface area (Å²) in [6, 6.07) is 0. The van der Waals surface area contributed by atoms with Crippen molar-refractivity contribution in [1.29, 1.82) is 0 Å². The lowest BCUT2D eigenvalue weighted by Gasteiger charge is -2.57. The molecule has 2 aliphatic carbocycles. The van der Waals surface area contributed by atoms with Crippen LogP contribution in [0.5, 0.6) is 0 Å². The minimum Gasteiger partial charge on any atom is -0.225 e. The summed E-state index contributed by atoms with van der Waals surface area (Å²) in [5.74, 6) is -44.6. The van der Waals surface area contributed by atoms with Crippen molar-refractivity contribution >= 4 is 0 Å². The average Bonchev–Trinajstić information content (AvgIpc) is 2.39. The Labute approximate surface area is 121 Å². The van der Waals surface area contributed by atoms with Crippen molar-refractivity contribution in [3.05, 3.63) is 0 Å². The largest absolute Gasteiger partial charge is 0.382 e. The van der Waals surface area contributed by atoms with Gasteiger partial charge in [0.15, 0.2) is 0 Å². The smallest absolute Gasteiger partial charge is 0.225 e. The van der Waals surface area contributed by atoms with E-state index < -0.39 is 52.8 Å². The summed E-state index contributed by atoms with van der Waals surface area (Å²) in [4.78, 5) is 0. The summed E-state index contributed by atoms with van der Waals surface area (Å²) in [5.41, 5.74) is -14.2. The van der Waals surface area contributed by atoms with Gasteiger partial charge in [0.25, 0.3) is 5.67 Å². The molecule has 0 saturated heterocycles. The van der Waals surface area contributed by atoms with Crippen LogP contribution in [0, 0.1) is 11.8 Å². The van der Waals surface area contributed by atoms with E-state index in [2.05, 4.69) is 0 Å². The van der Waals surface area contributed by atoms with Crippen molar-refractivity contribution in [3.8, 4) is 11.8 Å². The summed E-state index contributed by atoms with van der Waals surface area (Å²) in [6.45, 7) is 0. The Kier molecular flexibility index (Phi) is 3.05. The van der Waals surface area contributed by atoms with Gasteiger partial charge in [-0.3, -0.25) is 0 Å². The van der Waals surface area contributed by atoms with E-state index >= 15 is 0 Å². The van der Waals surface area contributed by atoms with E-state index in [0.717, 1.165) is 0 Å². The quantitative estimate of drug-likeness (QED) is 0.432. The van der Waals surface area contributed by atoms with E-state index in [1.807, 2.05) is 0 Å². The Morgan fingerprint density at radius 3 is 1.17 bits per heavy atom.